The first-order valence-corrected chi connectivity index (χ1v) is 12.1. The molecule has 2 heterocycles. The first kappa shape index (κ1) is 21.4. The van der Waals surface area contributed by atoms with E-state index in [9.17, 15) is 4.79 Å². The molecule has 5 rings (SSSR count). The molecule has 5 nitrogen and oxygen atoms in total. The molecule has 0 radical (unpaired) electrons. The van der Waals surface area contributed by atoms with E-state index in [0.717, 1.165) is 37.6 Å². The first-order valence-electron chi connectivity index (χ1n) is 10.5. The van der Waals surface area contributed by atoms with Crippen LogP contribution >= 0.6 is 27.3 Å². The second-order valence-corrected chi connectivity index (χ2v) is 9.36. The van der Waals surface area contributed by atoms with Gasteiger partial charge in [0.2, 0.25) is 0 Å². The molecule has 0 aliphatic rings. The molecule has 0 bridgehead atoms. The van der Waals surface area contributed by atoms with Crippen LogP contribution in [-0.4, -0.2) is 13.9 Å². The van der Waals surface area contributed by atoms with E-state index in [0.29, 0.717) is 5.69 Å². The van der Waals surface area contributed by atoms with E-state index >= 15 is 0 Å². The summed E-state index contributed by atoms with van der Waals surface area (Å²) in [7, 11) is 1.91. The molecule has 3 aromatic carbocycles. The molecule has 33 heavy (non-hydrogen) atoms. The van der Waals surface area contributed by atoms with Gasteiger partial charge in [0.15, 0.2) is 4.80 Å². The molecule has 0 aliphatic carbocycles. The number of para-hydroxylation sites is 2. The molecule has 7 heteroatoms. The van der Waals surface area contributed by atoms with Gasteiger partial charge < -0.3 is 0 Å². The molecule has 164 valence electrons. The summed E-state index contributed by atoms with van der Waals surface area (Å²) in [6.45, 7) is 1.97. The number of halogens is 1. The SMILES string of the molecule is Cc1c(-n2c(-c3ccc(Br)cc3)csc2=Nc2ccccc2)c(=O)n(-c2ccccc2)n1C. The van der Waals surface area contributed by atoms with Crippen LogP contribution < -0.4 is 10.4 Å². The number of hydrogen-bond donors (Lipinski definition) is 0. The highest BCUT2D eigenvalue weighted by Gasteiger charge is 2.22. The van der Waals surface area contributed by atoms with E-state index in [1.165, 1.54) is 11.3 Å². The Morgan fingerprint density at radius 3 is 2.18 bits per heavy atom. The van der Waals surface area contributed by atoms with Gasteiger partial charge >= 0.3 is 0 Å². The number of nitrogens with zero attached hydrogens (tertiary/aromatic N) is 4. The lowest BCUT2D eigenvalue weighted by Gasteiger charge is -2.08. The van der Waals surface area contributed by atoms with Crippen molar-refractivity contribution in [1.82, 2.24) is 13.9 Å². The highest BCUT2D eigenvalue weighted by molar-refractivity contribution is 9.10. The van der Waals surface area contributed by atoms with Crippen LogP contribution in [0, 0.1) is 6.92 Å². The van der Waals surface area contributed by atoms with Gasteiger partial charge in [-0.2, -0.15) is 0 Å². The summed E-state index contributed by atoms with van der Waals surface area (Å²) in [5.41, 5.74) is 4.96. The van der Waals surface area contributed by atoms with Crippen molar-refractivity contribution in [2.24, 2.45) is 12.0 Å². The van der Waals surface area contributed by atoms with Crippen molar-refractivity contribution in [3.05, 3.63) is 116 Å². The topological polar surface area (TPSA) is 44.2 Å². The van der Waals surface area contributed by atoms with E-state index in [-0.39, 0.29) is 5.56 Å². The van der Waals surface area contributed by atoms with E-state index in [1.807, 2.05) is 108 Å². The quantitative estimate of drug-likeness (QED) is 0.289. The fourth-order valence-corrected chi connectivity index (χ4v) is 5.03. The Bertz CT molecular complexity index is 1540. The molecule has 0 saturated heterocycles. The maximum Gasteiger partial charge on any atom is 0.296 e. The third kappa shape index (κ3) is 3.94. The first-order chi connectivity index (χ1) is 16.0. The van der Waals surface area contributed by atoms with Gasteiger partial charge in [0.25, 0.3) is 5.56 Å². The summed E-state index contributed by atoms with van der Waals surface area (Å²) in [4.78, 5) is 19.5. The predicted octanol–water partition coefficient (Wildman–Crippen LogP) is 6.00. The zero-order valence-electron chi connectivity index (χ0n) is 18.1. The van der Waals surface area contributed by atoms with Crippen LogP contribution in [0.3, 0.4) is 0 Å². The Morgan fingerprint density at radius 2 is 1.52 bits per heavy atom. The Hall–Kier alpha value is -3.42. The summed E-state index contributed by atoms with van der Waals surface area (Å²) in [6.07, 6.45) is 0. The minimum absolute atomic E-state index is 0.0903. The third-order valence-electron chi connectivity index (χ3n) is 5.58. The summed E-state index contributed by atoms with van der Waals surface area (Å²) in [6, 6.07) is 27.6. The van der Waals surface area contributed by atoms with Crippen molar-refractivity contribution >= 4 is 33.0 Å². The van der Waals surface area contributed by atoms with Crippen molar-refractivity contribution in [3.8, 4) is 22.6 Å². The summed E-state index contributed by atoms with van der Waals surface area (Å²) in [5.74, 6) is 0. The average Bonchev–Trinajstić information content (AvgIpc) is 3.33. The van der Waals surface area contributed by atoms with Crippen LogP contribution in [0.15, 0.2) is 105 Å². The Kier molecular flexibility index (Phi) is 5.74. The van der Waals surface area contributed by atoms with Crippen molar-refractivity contribution in [1.29, 1.82) is 0 Å². The minimum Gasteiger partial charge on any atom is -0.283 e. The van der Waals surface area contributed by atoms with Crippen LogP contribution in [0.4, 0.5) is 5.69 Å². The number of benzene rings is 3. The molecular formula is C26H21BrN4OS. The van der Waals surface area contributed by atoms with E-state index < -0.39 is 0 Å². The van der Waals surface area contributed by atoms with Crippen LogP contribution in [-0.2, 0) is 7.05 Å². The molecule has 0 saturated carbocycles. The van der Waals surface area contributed by atoms with Crippen LogP contribution in [0.25, 0.3) is 22.6 Å². The number of thiazole rings is 1. The predicted molar refractivity (Wildman–Crippen MR) is 138 cm³/mol. The molecule has 5 aromatic rings. The zero-order valence-corrected chi connectivity index (χ0v) is 20.5. The number of rotatable bonds is 4. The molecule has 0 fully saturated rings. The van der Waals surface area contributed by atoms with Crippen molar-refractivity contribution in [2.45, 2.75) is 6.92 Å². The van der Waals surface area contributed by atoms with Gasteiger partial charge in [-0.05, 0) is 48.9 Å². The molecule has 0 spiro atoms. The second-order valence-electron chi connectivity index (χ2n) is 7.60. The summed E-state index contributed by atoms with van der Waals surface area (Å²) < 4.78 is 6.59. The second kappa shape index (κ2) is 8.84. The van der Waals surface area contributed by atoms with Crippen molar-refractivity contribution in [2.75, 3.05) is 0 Å². The minimum atomic E-state index is -0.0903. The normalized spacial score (nSPS) is 11.8. The lowest BCUT2D eigenvalue weighted by Crippen LogP contribution is -2.24. The van der Waals surface area contributed by atoms with E-state index in [1.54, 1.807) is 4.68 Å². The summed E-state index contributed by atoms with van der Waals surface area (Å²) in [5, 5.41) is 2.06. The fraction of sp³-hybridized carbons (Fsp3) is 0.0769. The van der Waals surface area contributed by atoms with Gasteiger partial charge in [-0.15, -0.1) is 11.3 Å². The largest absolute Gasteiger partial charge is 0.296 e. The van der Waals surface area contributed by atoms with Crippen molar-refractivity contribution in [3.63, 3.8) is 0 Å². The van der Waals surface area contributed by atoms with Crippen LogP contribution in [0.1, 0.15) is 5.69 Å². The lowest BCUT2D eigenvalue weighted by atomic mass is 10.1. The van der Waals surface area contributed by atoms with E-state index in [4.69, 9.17) is 4.99 Å². The molecule has 0 aliphatic heterocycles. The number of hydrogen-bond acceptors (Lipinski definition) is 3. The highest BCUT2D eigenvalue weighted by Crippen LogP contribution is 2.26. The van der Waals surface area contributed by atoms with Gasteiger partial charge in [-0.3, -0.25) is 14.0 Å². The fourth-order valence-electron chi connectivity index (χ4n) is 3.85. The van der Waals surface area contributed by atoms with Crippen LogP contribution in [0.2, 0.25) is 0 Å². The molecule has 0 atom stereocenters. The average molecular weight is 517 g/mol. The maximum atomic E-state index is 13.8. The molecule has 0 amide bonds. The van der Waals surface area contributed by atoms with Gasteiger partial charge in [-0.25, -0.2) is 9.67 Å². The van der Waals surface area contributed by atoms with Crippen molar-refractivity contribution < 1.29 is 0 Å². The standard InChI is InChI=1S/C26H21BrN4OS/c1-18-24(25(32)31(29(18)2)22-11-7-4-8-12-22)30-23(19-13-15-20(27)16-14-19)17-33-26(30)28-21-9-5-3-6-10-21/h3-17H,1-2H3. The Morgan fingerprint density at radius 1 is 0.879 bits per heavy atom. The molecule has 0 unspecified atom stereocenters. The zero-order chi connectivity index (χ0) is 22.9. The number of aromatic nitrogens is 3. The van der Waals surface area contributed by atoms with Gasteiger partial charge in [-0.1, -0.05) is 64.5 Å². The smallest absolute Gasteiger partial charge is 0.283 e. The lowest BCUT2D eigenvalue weighted by molar-refractivity contribution is 0.630. The molecule has 2 aromatic heterocycles. The Balaban J connectivity index is 1.83. The van der Waals surface area contributed by atoms with Crippen LogP contribution in [0.5, 0.6) is 0 Å². The van der Waals surface area contributed by atoms with Gasteiger partial charge in [0.05, 0.1) is 22.8 Å². The molecular weight excluding hydrogens is 496 g/mol. The van der Waals surface area contributed by atoms with Gasteiger partial charge in [0, 0.05) is 16.9 Å². The monoisotopic (exact) mass is 516 g/mol. The van der Waals surface area contributed by atoms with E-state index in [2.05, 4.69) is 21.3 Å². The summed E-state index contributed by atoms with van der Waals surface area (Å²) >= 11 is 5.03. The van der Waals surface area contributed by atoms with Gasteiger partial charge in [0.1, 0.15) is 5.69 Å². The Labute approximate surface area is 203 Å². The highest BCUT2D eigenvalue weighted by atomic mass is 79.9. The molecule has 0 N–H and O–H groups in total. The third-order valence-corrected chi connectivity index (χ3v) is 6.93. The maximum absolute atomic E-state index is 13.8.